The lowest BCUT2D eigenvalue weighted by atomic mass is 10.1. The van der Waals surface area contributed by atoms with Gasteiger partial charge in [-0.15, -0.1) is 10.2 Å². The molecule has 0 atom stereocenters. The summed E-state index contributed by atoms with van der Waals surface area (Å²) in [6.45, 7) is 2.79. The number of benzene rings is 2. The number of piperidine rings is 1. The fourth-order valence-corrected chi connectivity index (χ4v) is 4.88. The first-order valence-electron chi connectivity index (χ1n) is 10.8. The molecule has 0 amide bonds. The number of halogens is 2. The molecule has 1 saturated heterocycles. The van der Waals surface area contributed by atoms with Gasteiger partial charge in [-0.3, -0.25) is 9.47 Å². The van der Waals surface area contributed by atoms with Crippen LogP contribution in [-0.2, 0) is 12.3 Å². The van der Waals surface area contributed by atoms with Gasteiger partial charge in [0.15, 0.2) is 16.8 Å². The van der Waals surface area contributed by atoms with Crippen LogP contribution in [0, 0.1) is 5.82 Å². The molecule has 2 aromatic carbocycles. The van der Waals surface area contributed by atoms with Crippen LogP contribution in [0.4, 0.5) is 4.39 Å². The first-order chi connectivity index (χ1) is 16.2. The SMILES string of the molecule is Fc1ccc(-n2c(CN3CCCCC3)nnc2SCc2noc(-c3ccccc3Cl)n2)cc1. The van der Waals surface area contributed by atoms with E-state index < -0.39 is 0 Å². The highest BCUT2D eigenvalue weighted by molar-refractivity contribution is 7.98. The van der Waals surface area contributed by atoms with Crippen LogP contribution in [0.25, 0.3) is 17.1 Å². The van der Waals surface area contributed by atoms with Gasteiger partial charge in [-0.25, -0.2) is 4.39 Å². The third kappa shape index (κ3) is 5.10. The highest BCUT2D eigenvalue weighted by atomic mass is 35.5. The lowest BCUT2D eigenvalue weighted by Crippen LogP contribution is -2.30. The van der Waals surface area contributed by atoms with Gasteiger partial charge < -0.3 is 4.52 Å². The topological polar surface area (TPSA) is 72.9 Å². The van der Waals surface area contributed by atoms with Gasteiger partial charge in [0, 0.05) is 5.69 Å². The summed E-state index contributed by atoms with van der Waals surface area (Å²) < 4.78 is 20.9. The van der Waals surface area contributed by atoms with Gasteiger partial charge in [0.2, 0.25) is 0 Å². The Kier molecular flexibility index (Phi) is 6.70. The van der Waals surface area contributed by atoms with Gasteiger partial charge >= 0.3 is 0 Å². The molecule has 1 fully saturated rings. The van der Waals surface area contributed by atoms with E-state index in [1.807, 2.05) is 22.8 Å². The summed E-state index contributed by atoms with van der Waals surface area (Å²) >= 11 is 7.69. The van der Waals surface area contributed by atoms with Gasteiger partial charge in [0.25, 0.3) is 5.89 Å². The lowest BCUT2D eigenvalue weighted by Gasteiger charge is -2.26. The van der Waals surface area contributed by atoms with Crippen molar-refractivity contribution in [3.05, 3.63) is 71.0 Å². The Labute approximate surface area is 200 Å². The lowest BCUT2D eigenvalue weighted by molar-refractivity contribution is 0.214. The second-order valence-corrected chi connectivity index (χ2v) is 9.18. The molecule has 5 rings (SSSR count). The number of hydrogen-bond donors (Lipinski definition) is 0. The molecular weight excluding hydrogens is 463 g/mol. The van der Waals surface area contributed by atoms with Crippen molar-refractivity contribution in [2.24, 2.45) is 0 Å². The Bertz CT molecular complexity index is 1220. The van der Waals surface area contributed by atoms with E-state index in [1.165, 1.54) is 43.2 Å². The number of rotatable bonds is 7. The predicted molar refractivity (Wildman–Crippen MR) is 125 cm³/mol. The Morgan fingerprint density at radius 1 is 1.00 bits per heavy atom. The van der Waals surface area contributed by atoms with Crippen molar-refractivity contribution in [1.29, 1.82) is 0 Å². The van der Waals surface area contributed by atoms with Crippen LogP contribution in [0.2, 0.25) is 5.02 Å². The normalized spacial score (nSPS) is 14.6. The molecule has 33 heavy (non-hydrogen) atoms. The maximum absolute atomic E-state index is 13.6. The molecule has 1 aliphatic heterocycles. The van der Waals surface area contributed by atoms with Crippen molar-refractivity contribution < 1.29 is 8.91 Å². The maximum Gasteiger partial charge on any atom is 0.259 e. The zero-order chi connectivity index (χ0) is 22.6. The monoisotopic (exact) mass is 484 g/mol. The molecular formula is C23H22ClFN6OS. The van der Waals surface area contributed by atoms with Crippen molar-refractivity contribution in [2.75, 3.05) is 13.1 Å². The Morgan fingerprint density at radius 3 is 2.58 bits per heavy atom. The van der Waals surface area contributed by atoms with Gasteiger partial charge in [0.05, 0.1) is 22.9 Å². The molecule has 2 aromatic heterocycles. The molecule has 0 aliphatic carbocycles. The average molecular weight is 485 g/mol. The van der Waals surface area contributed by atoms with Crippen molar-refractivity contribution in [3.63, 3.8) is 0 Å². The van der Waals surface area contributed by atoms with Crippen molar-refractivity contribution in [2.45, 2.75) is 36.7 Å². The number of likely N-dealkylation sites (tertiary alicyclic amines) is 1. The van der Waals surface area contributed by atoms with Crippen LogP contribution in [0.5, 0.6) is 0 Å². The first kappa shape index (κ1) is 22.1. The molecule has 0 radical (unpaired) electrons. The summed E-state index contributed by atoms with van der Waals surface area (Å²) in [4.78, 5) is 6.86. The fourth-order valence-electron chi connectivity index (χ4n) is 3.85. The van der Waals surface area contributed by atoms with Gasteiger partial charge in [0.1, 0.15) is 5.82 Å². The predicted octanol–water partition coefficient (Wildman–Crippen LogP) is 5.39. The second-order valence-electron chi connectivity index (χ2n) is 7.83. The van der Waals surface area contributed by atoms with Gasteiger partial charge in [-0.1, -0.05) is 47.1 Å². The highest BCUT2D eigenvalue weighted by Crippen LogP contribution is 2.29. The number of aromatic nitrogens is 5. The molecule has 0 bridgehead atoms. The van der Waals surface area contributed by atoms with E-state index in [0.29, 0.717) is 39.8 Å². The Morgan fingerprint density at radius 2 is 1.79 bits per heavy atom. The van der Waals surface area contributed by atoms with Crippen LogP contribution in [0.1, 0.15) is 30.9 Å². The summed E-state index contributed by atoms with van der Waals surface area (Å²) in [5.41, 5.74) is 1.52. The average Bonchev–Trinajstić information content (AvgIpc) is 3.46. The van der Waals surface area contributed by atoms with Crippen molar-refractivity contribution >= 4 is 23.4 Å². The summed E-state index contributed by atoms with van der Waals surface area (Å²) in [7, 11) is 0. The first-order valence-corrected chi connectivity index (χ1v) is 12.2. The summed E-state index contributed by atoms with van der Waals surface area (Å²) in [6.07, 6.45) is 3.65. The standard InChI is InChI=1S/C23H22ClFN6OS/c24-19-7-3-2-6-18(19)22-26-20(29-32-22)15-33-23-28-27-21(14-30-12-4-1-5-13-30)31(23)17-10-8-16(25)9-11-17/h2-3,6-11H,1,4-5,12-15H2. The molecule has 0 N–H and O–H groups in total. The molecule has 0 saturated carbocycles. The van der Waals surface area contributed by atoms with Crippen LogP contribution in [-0.4, -0.2) is 42.9 Å². The summed E-state index contributed by atoms with van der Waals surface area (Å²) in [5.74, 6) is 1.90. The van der Waals surface area contributed by atoms with Crippen LogP contribution in [0.3, 0.4) is 0 Å². The molecule has 10 heteroatoms. The van der Waals surface area contributed by atoms with E-state index in [2.05, 4.69) is 25.2 Å². The highest BCUT2D eigenvalue weighted by Gasteiger charge is 2.20. The number of thioether (sulfide) groups is 1. The van der Waals surface area contributed by atoms with Crippen molar-refractivity contribution in [1.82, 2.24) is 29.8 Å². The van der Waals surface area contributed by atoms with E-state index in [1.54, 1.807) is 18.2 Å². The maximum atomic E-state index is 13.6. The third-order valence-corrected chi connectivity index (χ3v) is 6.76. The number of nitrogens with zero attached hydrogens (tertiary/aromatic N) is 6. The molecule has 0 spiro atoms. The van der Waals surface area contributed by atoms with E-state index in [9.17, 15) is 4.39 Å². The van der Waals surface area contributed by atoms with Gasteiger partial charge in [-0.05, 0) is 62.3 Å². The Hall–Kier alpha value is -2.75. The summed E-state index contributed by atoms with van der Waals surface area (Å²) in [5, 5.41) is 14.2. The molecule has 1 aliphatic rings. The van der Waals surface area contributed by atoms with Crippen LogP contribution in [0.15, 0.2) is 58.2 Å². The minimum Gasteiger partial charge on any atom is -0.334 e. The largest absolute Gasteiger partial charge is 0.334 e. The number of hydrogen-bond acceptors (Lipinski definition) is 7. The minimum atomic E-state index is -0.280. The van der Waals surface area contributed by atoms with Crippen LogP contribution >= 0.6 is 23.4 Å². The second kappa shape index (κ2) is 10.0. The molecule has 0 unspecified atom stereocenters. The fraction of sp³-hybridized carbons (Fsp3) is 0.304. The van der Waals surface area contributed by atoms with E-state index in [4.69, 9.17) is 16.1 Å². The van der Waals surface area contributed by atoms with E-state index in [-0.39, 0.29) is 5.82 Å². The van der Waals surface area contributed by atoms with E-state index >= 15 is 0 Å². The molecule has 3 heterocycles. The third-order valence-electron chi connectivity index (χ3n) is 5.50. The summed E-state index contributed by atoms with van der Waals surface area (Å²) in [6, 6.07) is 13.7. The van der Waals surface area contributed by atoms with E-state index in [0.717, 1.165) is 24.6 Å². The quantitative estimate of drug-likeness (QED) is 0.326. The van der Waals surface area contributed by atoms with Crippen molar-refractivity contribution in [3.8, 4) is 17.1 Å². The zero-order valence-corrected chi connectivity index (χ0v) is 19.4. The smallest absolute Gasteiger partial charge is 0.259 e. The van der Waals surface area contributed by atoms with Crippen LogP contribution < -0.4 is 0 Å². The Balaban J connectivity index is 1.37. The minimum absolute atomic E-state index is 0.280. The molecule has 4 aromatic rings. The molecule has 170 valence electrons. The van der Waals surface area contributed by atoms with Gasteiger partial charge in [-0.2, -0.15) is 4.98 Å². The zero-order valence-electron chi connectivity index (χ0n) is 17.8. The molecule has 7 nitrogen and oxygen atoms in total.